The molecule has 1 radical (unpaired) electrons. The SMILES string of the molecule is [CH2]CC(C)CCCC(C)C.[Cl][Zn][Cl]. The average Bonchev–Trinajstić information content (AvgIpc) is 2.05. The van der Waals surface area contributed by atoms with Crippen LogP contribution in [0.1, 0.15) is 46.5 Å². The van der Waals surface area contributed by atoms with E-state index in [0.29, 0.717) is 0 Å². The van der Waals surface area contributed by atoms with E-state index < -0.39 is 15.1 Å². The molecule has 0 aromatic heterocycles. The van der Waals surface area contributed by atoms with Crippen molar-refractivity contribution < 1.29 is 15.1 Å². The van der Waals surface area contributed by atoms with Gasteiger partial charge in [0.1, 0.15) is 0 Å². The second-order valence-electron chi connectivity index (χ2n) is 3.82. The molecule has 0 saturated carbocycles. The van der Waals surface area contributed by atoms with Gasteiger partial charge in [0.2, 0.25) is 0 Å². The van der Waals surface area contributed by atoms with Gasteiger partial charge in [0.15, 0.2) is 0 Å². The summed E-state index contributed by atoms with van der Waals surface area (Å²) >= 11 is -0.931. The maximum atomic E-state index is 4.95. The van der Waals surface area contributed by atoms with E-state index in [4.69, 9.17) is 19.4 Å². The molecule has 1 unspecified atom stereocenters. The first kappa shape index (κ1) is 16.6. The third-order valence-electron chi connectivity index (χ3n) is 1.97. The van der Waals surface area contributed by atoms with Crippen LogP contribution in [0.15, 0.2) is 0 Å². The molecule has 0 saturated heterocycles. The van der Waals surface area contributed by atoms with Crippen LogP contribution >= 0.6 is 19.4 Å². The van der Waals surface area contributed by atoms with E-state index in [1.54, 1.807) is 0 Å². The minimum absolute atomic E-state index is 0.832. The molecule has 0 amide bonds. The normalized spacial score (nSPS) is 11.6. The van der Waals surface area contributed by atoms with Crippen molar-refractivity contribution >= 4 is 19.4 Å². The van der Waals surface area contributed by atoms with E-state index in [1.807, 2.05) is 0 Å². The molecule has 0 nitrogen and oxygen atoms in total. The molecule has 13 heavy (non-hydrogen) atoms. The summed E-state index contributed by atoms with van der Waals surface area (Å²) in [6.07, 6.45) is 5.22. The van der Waals surface area contributed by atoms with Gasteiger partial charge in [-0.3, -0.25) is 0 Å². The van der Waals surface area contributed by atoms with Gasteiger partial charge in [-0.2, -0.15) is 0 Å². The van der Waals surface area contributed by atoms with Crippen molar-refractivity contribution in [2.24, 2.45) is 11.8 Å². The van der Waals surface area contributed by atoms with Gasteiger partial charge in [-0.15, -0.1) is 0 Å². The van der Waals surface area contributed by atoms with Crippen molar-refractivity contribution in [1.29, 1.82) is 0 Å². The van der Waals surface area contributed by atoms with Crippen LogP contribution in [-0.2, 0) is 15.1 Å². The zero-order valence-corrected chi connectivity index (χ0v) is 13.6. The Morgan fingerprint density at radius 1 is 1.15 bits per heavy atom. The second-order valence-corrected chi connectivity index (χ2v) is 8.44. The van der Waals surface area contributed by atoms with Crippen molar-refractivity contribution in [1.82, 2.24) is 0 Å². The Labute approximate surface area is 99.4 Å². The van der Waals surface area contributed by atoms with Crippen molar-refractivity contribution in [3.63, 3.8) is 0 Å². The van der Waals surface area contributed by atoms with Gasteiger partial charge in [0.05, 0.1) is 0 Å². The van der Waals surface area contributed by atoms with Gasteiger partial charge in [-0.05, 0) is 11.8 Å². The summed E-state index contributed by atoms with van der Waals surface area (Å²) in [5.74, 6) is 1.70. The zero-order valence-electron chi connectivity index (χ0n) is 9.15. The van der Waals surface area contributed by atoms with E-state index in [1.165, 1.54) is 19.3 Å². The first-order valence-electron chi connectivity index (χ1n) is 4.99. The van der Waals surface area contributed by atoms with Crippen molar-refractivity contribution in [3.8, 4) is 0 Å². The summed E-state index contributed by atoms with van der Waals surface area (Å²) in [5.41, 5.74) is 0. The Kier molecular flexibility index (Phi) is 16.9. The van der Waals surface area contributed by atoms with Crippen LogP contribution in [0.5, 0.6) is 0 Å². The van der Waals surface area contributed by atoms with E-state index in [2.05, 4.69) is 27.7 Å². The van der Waals surface area contributed by atoms with Crippen molar-refractivity contribution in [2.75, 3.05) is 0 Å². The molecule has 0 fully saturated rings. The first-order valence-corrected chi connectivity index (χ1v) is 12.8. The summed E-state index contributed by atoms with van der Waals surface area (Å²) in [6.45, 7) is 10.7. The maximum absolute atomic E-state index is 4.95. The Balaban J connectivity index is 0. The predicted octanol–water partition coefficient (Wildman–Crippen LogP) is 5.05. The fraction of sp³-hybridized carbons (Fsp3) is 0.900. The topological polar surface area (TPSA) is 0 Å². The van der Waals surface area contributed by atoms with Crippen LogP contribution < -0.4 is 0 Å². The van der Waals surface area contributed by atoms with Gasteiger partial charge in [0.25, 0.3) is 0 Å². The second kappa shape index (κ2) is 13.2. The molecule has 0 rings (SSSR count). The molecule has 0 aliphatic carbocycles. The molecule has 0 aromatic rings. The molecule has 0 N–H and O–H groups in total. The van der Waals surface area contributed by atoms with E-state index in [9.17, 15) is 0 Å². The van der Waals surface area contributed by atoms with Crippen LogP contribution in [0.4, 0.5) is 0 Å². The third kappa shape index (κ3) is 19.6. The van der Waals surface area contributed by atoms with E-state index in [0.717, 1.165) is 18.3 Å². The van der Waals surface area contributed by atoms with Crippen LogP contribution in [0.25, 0.3) is 0 Å². The summed E-state index contributed by atoms with van der Waals surface area (Å²) in [6, 6.07) is 0. The van der Waals surface area contributed by atoms with Gasteiger partial charge in [0, 0.05) is 0 Å². The summed E-state index contributed by atoms with van der Waals surface area (Å²) in [4.78, 5) is 0. The van der Waals surface area contributed by atoms with Crippen LogP contribution in [0.3, 0.4) is 0 Å². The van der Waals surface area contributed by atoms with Crippen molar-refractivity contribution in [2.45, 2.75) is 46.5 Å². The third-order valence-corrected chi connectivity index (χ3v) is 1.97. The fourth-order valence-electron chi connectivity index (χ4n) is 1.02. The molecular formula is C10H21Cl2Zn. The van der Waals surface area contributed by atoms with Crippen LogP contribution in [0, 0.1) is 18.8 Å². The molecule has 0 aromatic carbocycles. The number of rotatable bonds is 5. The quantitative estimate of drug-likeness (QED) is 0.617. The van der Waals surface area contributed by atoms with E-state index >= 15 is 0 Å². The van der Waals surface area contributed by atoms with Gasteiger partial charge in [-0.25, -0.2) is 0 Å². The molecule has 0 heterocycles. The van der Waals surface area contributed by atoms with Crippen LogP contribution in [0.2, 0.25) is 0 Å². The molecule has 0 spiro atoms. The molecule has 3 heteroatoms. The monoisotopic (exact) mass is 275 g/mol. The van der Waals surface area contributed by atoms with Gasteiger partial charge >= 0.3 is 34.5 Å². The number of hydrogen-bond donors (Lipinski definition) is 0. The Morgan fingerprint density at radius 3 is 1.92 bits per heavy atom. The Morgan fingerprint density at radius 2 is 1.62 bits per heavy atom. The summed E-state index contributed by atoms with van der Waals surface area (Å²) in [5, 5.41) is 0. The molecule has 0 bridgehead atoms. The van der Waals surface area contributed by atoms with Crippen LogP contribution in [-0.4, -0.2) is 0 Å². The van der Waals surface area contributed by atoms with Gasteiger partial charge < -0.3 is 0 Å². The number of hydrogen-bond acceptors (Lipinski definition) is 0. The molecule has 0 aliphatic heterocycles. The van der Waals surface area contributed by atoms with E-state index in [-0.39, 0.29) is 0 Å². The molecule has 1 atom stereocenters. The van der Waals surface area contributed by atoms with Gasteiger partial charge in [-0.1, -0.05) is 53.4 Å². The minimum atomic E-state index is -0.931. The van der Waals surface area contributed by atoms with Crippen molar-refractivity contribution in [3.05, 3.63) is 6.92 Å². The summed E-state index contributed by atoms with van der Waals surface area (Å²) < 4.78 is 0. The summed E-state index contributed by atoms with van der Waals surface area (Å²) in [7, 11) is 9.90. The molecule has 0 aliphatic rings. The Hall–Kier alpha value is 1.20. The molecule has 77 valence electrons. The standard InChI is InChI=1S/C10H21.2ClH.Zn/c1-5-10(4)8-6-7-9(2)3;;;/h9-10H,1,5-8H2,2-4H3;2*1H;/q;;;+2/p-2. The number of halogens is 2. The molecular weight excluding hydrogens is 256 g/mol. The predicted molar refractivity (Wildman–Crippen MR) is 59.5 cm³/mol. The average molecular weight is 278 g/mol. The Bertz CT molecular complexity index is 87.0. The first-order chi connectivity index (χ1) is 6.08. The zero-order chi connectivity index (χ0) is 10.7. The fourth-order valence-corrected chi connectivity index (χ4v) is 1.02.